The average Bonchev–Trinajstić information content (AvgIpc) is 2.74. The van der Waals surface area contributed by atoms with Gasteiger partial charge in [0, 0.05) is 6.04 Å². The van der Waals surface area contributed by atoms with Crippen LogP contribution >= 0.6 is 11.8 Å². The van der Waals surface area contributed by atoms with E-state index in [0.717, 1.165) is 6.42 Å². The van der Waals surface area contributed by atoms with Crippen molar-refractivity contribution < 1.29 is 9.53 Å². The fraction of sp³-hybridized carbons (Fsp3) is 0.667. The van der Waals surface area contributed by atoms with Crippen molar-refractivity contribution in [1.29, 1.82) is 0 Å². The average molecular weight is 202 g/mol. The van der Waals surface area contributed by atoms with Gasteiger partial charge in [-0.25, -0.2) is 4.84 Å². The van der Waals surface area contributed by atoms with E-state index in [1.807, 2.05) is 0 Å². The molecule has 0 aliphatic heterocycles. The second kappa shape index (κ2) is 3.31. The summed E-state index contributed by atoms with van der Waals surface area (Å²) in [7, 11) is 1.42. The van der Waals surface area contributed by atoms with E-state index in [-0.39, 0.29) is 17.9 Å². The third-order valence-corrected chi connectivity index (χ3v) is 3.31. The van der Waals surface area contributed by atoms with Crippen LogP contribution in [0.3, 0.4) is 0 Å². The van der Waals surface area contributed by atoms with Crippen LogP contribution in [0, 0.1) is 17.8 Å². The van der Waals surface area contributed by atoms with Crippen molar-refractivity contribution >= 4 is 17.7 Å². The quantitative estimate of drug-likeness (QED) is 0.413. The molecule has 72 valence electrons. The fourth-order valence-corrected chi connectivity index (χ4v) is 2.73. The zero-order chi connectivity index (χ0) is 9.42. The van der Waals surface area contributed by atoms with Crippen LogP contribution in [-0.4, -0.2) is 19.1 Å². The molecule has 4 heteroatoms. The van der Waals surface area contributed by atoms with Gasteiger partial charge in [-0.2, -0.15) is 0 Å². The molecule has 0 aromatic rings. The summed E-state index contributed by atoms with van der Waals surface area (Å²) < 4.78 is 4.75. The van der Waals surface area contributed by atoms with Gasteiger partial charge in [-0.05, 0) is 30.0 Å². The number of fused-ring (bicyclic) bond motifs is 2. The summed E-state index contributed by atoms with van der Waals surface area (Å²) in [5, 5.41) is 0. The molecule has 4 atom stereocenters. The Morgan fingerprint density at radius 1 is 1.54 bits per heavy atom. The highest BCUT2D eigenvalue weighted by Gasteiger charge is 2.48. The minimum atomic E-state index is -0.157. The molecule has 1 N–H and O–H groups in total. The zero-order valence-electron chi connectivity index (χ0n) is 7.37. The molecule has 2 bridgehead atoms. The third kappa shape index (κ3) is 1.27. The monoisotopic (exact) mass is 201 g/mol. The van der Waals surface area contributed by atoms with Crippen LogP contribution in [0.5, 0.6) is 0 Å². The Bertz CT molecular complexity index is 254. The van der Waals surface area contributed by atoms with Gasteiger partial charge in [-0.3, -0.25) is 4.79 Å². The second-order valence-electron chi connectivity index (χ2n) is 3.63. The number of nitrogens with one attached hydrogen (secondary N) is 1. The Labute approximate surface area is 82.2 Å². The molecule has 3 nitrogen and oxygen atoms in total. The van der Waals surface area contributed by atoms with Gasteiger partial charge in [0.1, 0.15) is 0 Å². The van der Waals surface area contributed by atoms with Crippen molar-refractivity contribution in [2.75, 3.05) is 7.11 Å². The van der Waals surface area contributed by atoms with Gasteiger partial charge >= 0.3 is 5.97 Å². The summed E-state index contributed by atoms with van der Waals surface area (Å²) >= 11 is 5.61. The van der Waals surface area contributed by atoms with Crippen molar-refractivity contribution in [2.24, 2.45) is 17.8 Å². The van der Waals surface area contributed by atoms with E-state index in [9.17, 15) is 4.79 Å². The van der Waals surface area contributed by atoms with Gasteiger partial charge in [0.2, 0.25) is 0 Å². The summed E-state index contributed by atoms with van der Waals surface area (Å²) in [6.45, 7) is 0. The van der Waals surface area contributed by atoms with Crippen molar-refractivity contribution in [3.05, 3.63) is 12.2 Å². The second-order valence-corrected chi connectivity index (χ2v) is 3.85. The van der Waals surface area contributed by atoms with Crippen LogP contribution in [0.2, 0.25) is 0 Å². The van der Waals surface area contributed by atoms with Gasteiger partial charge in [0.15, 0.2) is 0 Å². The third-order valence-electron chi connectivity index (χ3n) is 3.06. The number of hydrogen-bond acceptors (Lipinski definition) is 3. The van der Waals surface area contributed by atoms with Crippen molar-refractivity contribution in [3.63, 3.8) is 0 Å². The molecule has 0 saturated heterocycles. The number of allylic oxidation sites excluding steroid dienone is 1. The zero-order valence-corrected chi connectivity index (χ0v) is 8.12. The lowest BCUT2D eigenvalue weighted by atomic mass is 9.90. The maximum absolute atomic E-state index is 11.4. The number of hydrogen-bond donors (Lipinski definition) is 1. The number of halogens is 1. The first-order chi connectivity index (χ1) is 6.27. The Morgan fingerprint density at radius 2 is 2.23 bits per heavy atom. The van der Waals surface area contributed by atoms with Gasteiger partial charge in [-0.15, -0.1) is 0 Å². The van der Waals surface area contributed by atoms with E-state index in [1.54, 1.807) is 0 Å². The summed E-state index contributed by atoms with van der Waals surface area (Å²) in [5.74, 6) is 0.452. The van der Waals surface area contributed by atoms with Gasteiger partial charge in [0.05, 0.1) is 13.0 Å². The van der Waals surface area contributed by atoms with E-state index < -0.39 is 0 Å². The Kier molecular flexibility index (Phi) is 2.30. The van der Waals surface area contributed by atoms with E-state index >= 15 is 0 Å². The van der Waals surface area contributed by atoms with Crippen LogP contribution in [-0.2, 0) is 9.53 Å². The highest BCUT2D eigenvalue weighted by molar-refractivity contribution is 6.13. The van der Waals surface area contributed by atoms with Crippen molar-refractivity contribution in [1.82, 2.24) is 4.84 Å². The fourth-order valence-electron chi connectivity index (χ4n) is 2.43. The first-order valence-corrected chi connectivity index (χ1v) is 4.78. The summed E-state index contributed by atoms with van der Waals surface area (Å²) in [5.41, 5.74) is 0. The number of carbonyl (C=O) groups excluding carboxylic acids is 1. The van der Waals surface area contributed by atoms with Crippen LogP contribution in [0.15, 0.2) is 12.2 Å². The Morgan fingerprint density at radius 3 is 2.85 bits per heavy atom. The molecule has 0 heterocycles. The lowest BCUT2D eigenvalue weighted by Crippen LogP contribution is -2.39. The summed E-state index contributed by atoms with van der Waals surface area (Å²) in [6.07, 6.45) is 5.24. The predicted octanol–water partition coefficient (Wildman–Crippen LogP) is 1.09. The highest BCUT2D eigenvalue weighted by atomic mass is 35.5. The normalized spacial score (nSPS) is 41.1. The van der Waals surface area contributed by atoms with E-state index in [1.165, 1.54) is 7.11 Å². The molecule has 1 fully saturated rings. The minimum absolute atomic E-state index is 0.0455. The van der Waals surface area contributed by atoms with Crippen molar-refractivity contribution in [3.8, 4) is 0 Å². The van der Waals surface area contributed by atoms with Gasteiger partial charge in [-0.1, -0.05) is 12.2 Å². The topological polar surface area (TPSA) is 38.3 Å². The van der Waals surface area contributed by atoms with Crippen molar-refractivity contribution in [2.45, 2.75) is 12.5 Å². The number of carbonyl (C=O) groups is 1. The molecular weight excluding hydrogens is 190 g/mol. The van der Waals surface area contributed by atoms with Crippen LogP contribution in [0.1, 0.15) is 6.42 Å². The van der Waals surface area contributed by atoms with E-state index in [2.05, 4.69) is 17.0 Å². The first kappa shape index (κ1) is 9.03. The summed E-state index contributed by atoms with van der Waals surface area (Å²) in [6, 6.07) is 0.0455. The molecule has 0 radical (unpaired) electrons. The standard InChI is InChI=1S/C9H12ClNO2/c1-13-9(12)7-5-2-3-6(4-5)8(7)11-10/h2-3,5-8,11H,4H2,1H3/t5-,6+,7?,8?/m0/s1. The molecule has 2 aliphatic rings. The Balaban J connectivity index is 2.18. The molecule has 13 heavy (non-hydrogen) atoms. The number of methoxy groups -OCH3 is 1. The number of rotatable bonds is 2. The minimum Gasteiger partial charge on any atom is -0.469 e. The Hall–Kier alpha value is -0.540. The van der Waals surface area contributed by atoms with E-state index in [4.69, 9.17) is 16.5 Å². The molecule has 0 aromatic carbocycles. The maximum Gasteiger partial charge on any atom is 0.310 e. The predicted molar refractivity (Wildman–Crippen MR) is 49.0 cm³/mol. The van der Waals surface area contributed by atoms with E-state index in [0.29, 0.717) is 11.8 Å². The smallest absolute Gasteiger partial charge is 0.310 e. The molecule has 1 saturated carbocycles. The molecule has 2 rings (SSSR count). The lowest BCUT2D eigenvalue weighted by Gasteiger charge is -2.23. The maximum atomic E-state index is 11.4. The van der Waals surface area contributed by atoms with Crippen LogP contribution < -0.4 is 4.84 Å². The number of ether oxygens (including phenoxy) is 1. The van der Waals surface area contributed by atoms with Crippen LogP contribution in [0.4, 0.5) is 0 Å². The highest BCUT2D eigenvalue weighted by Crippen LogP contribution is 2.44. The molecule has 2 unspecified atom stereocenters. The molecule has 0 spiro atoms. The molecule has 2 aliphatic carbocycles. The summed E-state index contributed by atoms with van der Waals surface area (Å²) in [4.78, 5) is 14.1. The molecule has 0 aromatic heterocycles. The number of esters is 1. The molecular formula is C9H12ClNO2. The van der Waals surface area contributed by atoms with Crippen LogP contribution in [0.25, 0.3) is 0 Å². The lowest BCUT2D eigenvalue weighted by molar-refractivity contribution is -0.146. The van der Waals surface area contributed by atoms with Gasteiger partial charge in [0.25, 0.3) is 0 Å². The largest absolute Gasteiger partial charge is 0.469 e. The van der Waals surface area contributed by atoms with Gasteiger partial charge < -0.3 is 4.74 Å². The SMILES string of the molecule is COC(=O)C1C(NCl)[C@@H]2C=C[C@H]1C2. The first-order valence-electron chi connectivity index (χ1n) is 4.40. The molecule has 0 amide bonds.